The van der Waals surface area contributed by atoms with E-state index in [1.54, 1.807) is 0 Å². The summed E-state index contributed by atoms with van der Waals surface area (Å²) in [5, 5.41) is 13.9. The van der Waals surface area contributed by atoms with Gasteiger partial charge in [-0.2, -0.15) is 0 Å². The van der Waals surface area contributed by atoms with Crippen molar-refractivity contribution in [2.45, 2.75) is 321 Å². The van der Waals surface area contributed by atoms with E-state index in [4.69, 9.17) is 14.8 Å². The Hall–Kier alpha value is -0.500. The van der Waals surface area contributed by atoms with E-state index >= 15 is 0 Å². The van der Waals surface area contributed by atoms with Crippen molar-refractivity contribution >= 4 is 13.7 Å². The minimum atomic E-state index is -4.32. The second-order valence-electron chi connectivity index (χ2n) is 19.5. The molecule has 9 heteroatoms. The molecule has 3 atom stereocenters. The molecule has 0 aromatic carbocycles. The van der Waals surface area contributed by atoms with Gasteiger partial charge in [-0.15, -0.1) is 0 Å². The van der Waals surface area contributed by atoms with Gasteiger partial charge in [0.15, 0.2) is 0 Å². The molecule has 0 radical (unpaired) electrons. The molecule has 0 bridgehead atoms. The highest BCUT2D eigenvalue weighted by Crippen LogP contribution is 2.43. The molecule has 5 N–H and O–H groups in total. The highest BCUT2D eigenvalue weighted by molar-refractivity contribution is 7.47. The molecule has 0 spiro atoms. The number of nitrogens with one attached hydrogen (secondary N) is 1. The Labute approximate surface area is 392 Å². The summed E-state index contributed by atoms with van der Waals surface area (Å²) in [5.41, 5.74) is 5.41. The predicted octanol–water partition coefficient (Wildman–Crippen LogP) is 16.9. The van der Waals surface area contributed by atoms with Gasteiger partial charge < -0.3 is 21.1 Å². The molecule has 0 aromatic rings. The van der Waals surface area contributed by atoms with Gasteiger partial charge in [-0.05, 0) is 12.8 Å². The van der Waals surface area contributed by atoms with Crippen LogP contribution in [-0.2, 0) is 18.4 Å². The Morgan fingerprint density at radius 2 is 0.730 bits per heavy atom. The monoisotopic (exact) mass is 915 g/mol. The third-order valence-electron chi connectivity index (χ3n) is 13.2. The number of hydrogen-bond donors (Lipinski definition) is 4. The number of rotatable bonds is 54. The zero-order valence-electron chi connectivity index (χ0n) is 42.4. The van der Waals surface area contributed by atoms with E-state index in [9.17, 15) is 19.4 Å². The number of carbonyl (C=O) groups is 1. The van der Waals surface area contributed by atoms with E-state index in [2.05, 4.69) is 19.2 Å². The molecule has 1 amide bonds. The van der Waals surface area contributed by atoms with Crippen molar-refractivity contribution < 1.29 is 28.4 Å². The Morgan fingerprint density at radius 1 is 0.460 bits per heavy atom. The van der Waals surface area contributed by atoms with Gasteiger partial charge in [0.1, 0.15) is 0 Å². The Balaban J connectivity index is 3.94. The van der Waals surface area contributed by atoms with Gasteiger partial charge in [0.25, 0.3) is 0 Å². The number of phosphoric ester groups is 1. The van der Waals surface area contributed by atoms with Crippen LogP contribution in [0, 0.1) is 0 Å². The molecular weight excluding hydrogens is 804 g/mol. The minimum absolute atomic E-state index is 0.0930. The van der Waals surface area contributed by atoms with Gasteiger partial charge in [-0.25, -0.2) is 4.57 Å². The number of aliphatic hydroxyl groups is 1. The highest BCUT2D eigenvalue weighted by atomic mass is 31.2. The van der Waals surface area contributed by atoms with Gasteiger partial charge in [0, 0.05) is 13.0 Å². The second-order valence-corrected chi connectivity index (χ2v) is 21.0. The SMILES string of the molecule is CCCCCCCCCCCCCCCCCCCCCCCCCC(=O)NC(COP(=O)(O)OCCN)C(O)CCCCCCCCCCCCCCCCCCCCCCC. The van der Waals surface area contributed by atoms with E-state index in [0.717, 1.165) is 38.5 Å². The van der Waals surface area contributed by atoms with Crippen LogP contribution in [0.5, 0.6) is 0 Å². The first kappa shape index (κ1) is 62.5. The third-order valence-corrected chi connectivity index (χ3v) is 14.2. The molecule has 0 aromatic heterocycles. The molecule has 0 heterocycles. The Kier molecular flexibility index (Phi) is 50.5. The first-order valence-corrected chi connectivity index (χ1v) is 29.6. The number of carbonyl (C=O) groups excluding carboxylic acids is 1. The minimum Gasteiger partial charge on any atom is -0.391 e. The standard InChI is InChI=1S/C54H111N2O6P/c1-3-5-7-9-11-13-15-17-19-21-23-25-26-28-30-32-34-36-38-40-42-44-46-48-54(58)56-52(51-62-63(59,60)61-50-49-55)53(57)47-45-43-41-39-37-35-33-31-29-27-24-22-20-18-16-14-12-10-8-6-4-2/h52-53,57H,3-51,55H2,1-2H3,(H,56,58)(H,59,60). The quantitative estimate of drug-likeness (QED) is 0.0353. The van der Waals surface area contributed by atoms with Crippen LogP contribution < -0.4 is 11.1 Å². The molecule has 8 nitrogen and oxygen atoms in total. The summed E-state index contributed by atoms with van der Waals surface area (Å²) >= 11 is 0. The van der Waals surface area contributed by atoms with Crippen LogP contribution in [0.1, 0.15) is 309 Å². The molecule has 0 aliphatic rings. The Bertz CT molecular complexity index is 957. The van der Waals surface area contributed by atoms with Crippen LogP contribution in [0.15, 0.2) is 0 Å². The van der Waals surface area contributed by atoms with Gasteiger partial charge in [0.05, 0.1) is 25.4 Å². The smallest absolute Gasteiger partial charge is 0.391 e. The van der Waals surface area contributed by atoms with Crippen molar-refractivity contribution in [1.29, 1.82) is 0 Å². The summed E-state index contributed by atoms with van der Waals surface area (Å²) in [4.78, 5) is 22.9. The summed E-state index contributed by atoms with van der Waals surface area (Å²) < 4.78 is 22.3. The van der Waals surface area contributed by atoms with Crippen molar-refractivity contribution in [2.24, 2.45) is 5.73 Å². The highest BCUT2D eigenvalue weighted by Gasteiger charge is 2.27. The molecule has 0 rings (SSSR count). The molecule has 63 heavy (non-hydrogen) atoms. The van der Waals surface area contributed by atoms with E-state index < -0.39 is 20.0 Å². The number of hydrogen-bond acceptors (Lipinski definition) is 6. The number of nitrogens with two attached hydrogens (primary N) is 1. The van der Waals surface area contributed by atoms with Crippen LogP contribution in [0.25, 0.3) is 0 Å². The lowest BCUT2D eigenvalue weighted by atomic mass is 10.0. The van der Waals surface area contributed by atoms with Gasteiger partial charge >= 0.3 is 7.82 Å². The largest absolute Gasteiger partial charge is 0.472 e. The van der Waals surface area contributed by atoms with Crippen molar-refractivity contribution in [3.05, 3.63) is 0 Å². The summed E-state index contributed by atoms with van der Waals surface area (Å²) in [6.45, 7) is 4.28. The predicted molar refractivity (Wildman–Crippen MR) is 272 cm³/mol. The van der Waals surface area contributed by atoms with Crippen LogP contribution >= 0.6 is 7.82 Å². The number of phosphoric acid groups is 1. The average molecular weight is 915 g/mol. The van der Waals surface area contributed by atoms with Gasteiger partial charge in [0.2, 0.25) is 5.91 Å². The van der Waals surface area contributed by atoms with Crippen molar-refractivity contribution in [2.75, 3.05) is 19.8 Å². The third kappa shape index (κ3) is 49.2. The summed E-state index contributed by atoms with van der Waals surface area (Å²) in [7, 11) is -4.32. The molecule has 378 valence electrons. The fraction of sp³-hybridized carbons (Fsp3) is 0.981. The summed E-state index contributed by atoms with van der Waals surface area (Å²) in [6.07, 6.45) is 58.5. The first-order chi connectivity index (χ1) is 30.9. The van der Waals surface area contributed by atoms with Crippen LogP contribution in [0.4, 0.5) is 0 Å². The summed E-state index contributed by atoms with van der Waals surface area (Å²) in [6, 6.07) is -0.769. The maximum atomic E-state index is 12.9. The number of unbranched alkanes of at least 4 members (excludes halogenated alkanes) is 42. The maximum Gasteiger partial charge on any atom is 0.472 e. The topological polar surface area (TPSA) is 131 Å². The van der Waals surface area contributed by atoms with E-state index in [0.29, 0.717) is 12.8 Å². The lowest BCUT2D eigenvalue weighted by Crippen LogP contribution is -2.46. The average Bonchev–Trinajstić information content (AvgIpc) is 3.27. The molecule has 0 saturated carbocycles. The number of amides is 1. The fourth-order valence-corrected chi connectivity index (χ4v) is 9.73. The number of aliphatic hydroxyl groups excluding tert-OH is 1. The van der Waals surface area contributed by atoms with Crippen molar-refractivity contribution in [3.63, 3.8) is 0 Å². The first-order valence-electron chi connectivity index (χ1n) is 28.2. The van der Waals surface area contributed by atoms with Crippen molar-refractivity contribution in [1.82, 2.24) is 5.32 Å². The fourth-order valence-electron chi connectivity index (χ4n) is 8.97. The van der Waals surface area contributed by atoms with Crippen LogP contribution in [0.2, 0.25) is 0 Å². The van der Waals surface area contributed by atoms with E-state index in [-0.39, 0.29) is 25.7 Å². The zero-order valence-corrected chi connectivity index (χ0v) is 43.2. The summed E-state index contributed by atoms with van der Waals surface area (Å²) in [5.74, 6) is -0.152. The molecule has 3 unspecified atom stereocenters. The molecule has 0 aliphatic carbocycles. The van der Waals surface area contributed by atoms with Gasteiger partial charge in [-0.3, -0.25) is 13.8 Å². The molecule has 0 fully saturated rings. The lowest BCUT2D eigenvalue weighted by Gasteiger charge is -2.25. The van der Waals surface area contributed by atoms with Crippen LogP contribution in [-0.4, -0.2) is 47.8 Å². The second kappa shape index (κ2) is 50.9. The van der Waals surface area contributed by atoms with E-state index in [1.807, 2.05) is 0 Å². The zero-order chi connectivity index (χ0) is 46.0. The molecule has 0 saturated heterocycles. The normalized spacial score (nSPS) is 13.7. The van der Waals surface area contributed by atoms with E-state index in [1.165, 1.54) is 244 Å². The van der Waals surface area contributed by atoms with Crippen LogP contribution in [0.3, 0.4) is 0 Å². The van der Waals surface area contributed by atoms with Gasteiger partial charge in [-0.1, -0.05) is 290 Å². The maximum absolute atomic E-state index is 12.9. The van der Waals surface area contributed by atoms with Crippen molar-refractivity contribution in [3.8, 4) is 0 Å². The molecular formula is C54H111N2O6P. The lowest BCUT2D eigenvalue weighted by molar-refractivity contribution is -0.123. The Morgan fingerprint density at radius 3 is 1.02 bits per heavy atom. The molecule has 0 aliphatic heterocycles.